The zero-order valence-corrected chi connectivity index (χ0v) is 12.2. The van der Waals surface area contributed by atoms with Gasteiger partial charge in [0.15, 0.2) is 5.78 Å². The number of benzene rings is 2. The predicted molar refractivity (Wildman–Crippen MR) is 84.3 cm³/mol. The third-order valence-corrected chi connectivity index (χ3v) is 3.65. The van der Waals surface area contributed by atoms with Gasteiger partial charge in [-0.1, -0.05) is 30.3 Å². The summed E-state index contributed by atoms with van der Waals surface area (Å²) < 4.78 is 5.43. The first-order valence-corrected chi connectivity index (χ1v) is 7.36. The molecule has 0 aromatic heterocycles. The molecule has 0 radical (unpaired) electrons. The zero-order chi connectivity index (χ0) is 15.4. The van der Waals surface area contributed by atoms with Gasteiger partial charge in [-0.25, -0.2) is 0 Å². The van der Waals surface area contributed by atoms with Crippen LogP contribution in [0.25, 0.3) is 0 Å². The molecule has 3 rings (SSSR count). The van der Waals surface area contributed by atoms with Crippen LogP contribution in [0.4, 0.5) is 5.69 Å². The molecule has 1 heterocycles. The number of carbonyl (C=O) groups is 2. The van der Waals surface area contributed by atoms with E-state index in [1.807, 2.05) is 36.4 Å². The molecule has 2 aromatic rings. The number of carbonyl (C=O) groups excluding carboxylic acids is 2. The summed E-state index contributed by atoms with van der Waals surface area (Å²) in [5, 5.41) is 2.83. The lowest BCUT2D eigenvalue weighted by Gasteiger charge is -2.07. The van der Waals surface area contributed by atoms with Crippen molar-refractivity contribution >= 4 is 17.4 Å². The van der Waals surface area contributed by atoms with E-state index in [4.69, 9.17) is 4.74 Å². The summed E-state index contributed by atoms with van der Waals surface area (Å²) in [5.41, 5.74) is 2.50. The maximum Gasteiger partial charge on any atom is 0.224 e. The van der Waals surface area contributed by atoms with Crippen molar-refractivity contribution in [2.45, 2.75) is 19.3 Å². The number of rotatable bonds is 5. The Morgan fingerprint density at radius 2 is 1.86 bits per heavy atom. The van der Waals surface area contributed by atoms with Crippen LogP contribution >= 0.6 is 0 Å². The topological polar surface area (TPSA) is 55.4 Å². The molecular formula is C18H17NO3. The number of fused-ring (bicyclic) bond motifs is 1. The molecule has 1 aliphatic rings. The van der Waals surface area contributed by atoms with Crippen molar-refractivity contribution in [3.8, 4) is 5.75 Å². The molecule has 0 spiro atoms. The molecule has 4 nitrogen and oxygen atoms in total. The van der Waals surface area contributed by atoms with Crippen LogP contribution in [0.5, 0.6) is 5.75 Å². The summed E-state index contributed by atoms with van der Waals surface area (Å²) in [6, 6.07) is 14.6. The summed E-state index contributed by atoms with van der Waals surface area (Å²) >= 11 is 0. The van der Waals surface area contributed by atoms with Gasteiger partial charge in [0, 0.05) is 30.5 Å². The minimum absolute atomic E-state index is 0.0156. The van der Waals surface area contributed by atoms with Gasteiger partial charge in [0.1, 0.15) is 5.75 Å². The zero-order valence-electron chi connectivity index (χ0n) is 12.2. The number of Topliss-reactive ketones (excluding diaryl/α,β-unsaturated/α-hetero) is 1. The summed E-state index contributed by atoms with van der Waals surface area (Å²) in [5.74, 6) is 0.721. The van der Waals surface area contributed by atoms with Crippen LogP contribution in [0.2, 0.25) is 0 Å². The summed E-state index contributed by atoms with van der Waals surface area (Å²) in [7, 11) is 0. The molecule has 112 valence electrons. The Morgan fingerprint density at radius 3 is 2.68 bits per heavy atom. The van der Waals surface area contributed by atoms with Crippen LogP contribution in [-0.4, -0.2) is 18.3 Å². The Kier molecular flexibility index (Phi) is 4.19. The average Bonchev–Trinajstić information content (AvgIpc) is 3.01. The Morgan fingerprint density at radius 1 is 1.05 bits per heavy atom. The highest BCUT2D eigenvalue weighted by Crippen LogP contribution is 2.27. The number of amides is 1. The second kappa shape index (κ2) is 6.43. The highest BCUT2D eigenvalue weighted by atomic mass is 16.5. The molecule has 0 saturated heterocycles. The Bertz CT molecular complexity index is 695. The van der Waals surface area contributed by atoms with Gasteiger partial charge in [0.25, 0.3) is 0 Å². The summed E-state index contributed by atoms with van der Waals surface area (Å²) in [6.07, 6.45) is 1.26. The van der Waals surface area contributed by atoms with E-state index in [2.05, 4.69) is 5.32 Å². The van der Waals surface area contributed by atoms with E-state index >= 15 is 0 Å². The first-order chi connectivity index (χ1) is 10.7. The standard InChI is InChI=1S/C18H17NO3/c20-16(13-4-2-1-3-5-13)7-9-18(21)19-15-6-8-17-14(12-15)10-11-22-17/h1-6,8,12H,7,9-11H2,(H,19,21). The van der Waals surface area contributed by atoms with Crippen LogP contribution < -0.4 is 10.1 Å². The molecule has 0 bridgehead atoms. The van der Waals surface area contributed by atoms with Gasteiger partial charge in [-0.15, -0.1) is 0 Å². The van der Waals surface area contributed by atoms with Crippen LogP contribution in [0, 0.1) is 0 Å². The quantitative estimate of drug-likeness (QED) is 0.862. The fourth-order valence-corrected chi connectivity index (χ4v) is 2.48. The van der Waals surface area contributed by atoms with E-state index in [9.17, 15) is 9.59 Å². The third-order valence-electron chi connectivity index (χ3n) is 3.65. The van der Waals surface area contributed by atoms with E-state index < -0.39 is 0 Å². The number of nitrogens with one attached hydrogen (secondary N) is 1. The lowest BCUT2D eigenvalue weighted by molar-refractivity contribution is -0.116. The van der Waals surface area contributed by atoms with Gasteiger partial charge in [0.05, 0.1) is 6.61 Å². The maximum absolute atomic E-state index is 12.0. The Hall–Kier alpha value is -2.62. The van der Waals surface area contributed by atoms with E-state index in [0.717, 1.165) is 23.4 Å². The van der Waals surface area contributed by atoms with Gasteiger partial charge >= 0.3 is 0 Å². The highest BCUT2D eigenvalue weighted by molar-refractivity contribution is 6.00. The van der Waals surface area contributed by atoms with Crippen molar-refractivity contribution < 1.29 is 14.3 Å². The van der Waals surface area contributed by atoms with E-state index in [1.54, 1.807) is 12.1 Å². The maximum atomic E-state index is 12.0. The SMILES string of the molecule is O=C(CCC(=O)c1ccccc1)Nc1ccc2c(c1)CCO2. The second-order valence-corrected chi connectivity index (χ2v) is 5.26. The van der Waals surface area contributed by atoms with Gasteiger partial charge in [-0.05, 0) is 23.8 Å². The van der Waals surface area contributed by atoms with E-state index in [-0.39, 0.29) is 24.5 Å². The summed E-state index contributed by atoms with van der Waals surface area (Å²) in [4.78, 5) is 23.9. The second-order valence-electron chi connectivity index (χ2n) is 5.26. The fraction of sp³-hybridized carbons (Fsp3) is 0.222. The van der Waals surface area contributed by atoms with Crippen LogP contribution in [-0.2, 0) is 11.2 Å². The van der Waals surface area contributed by atoms with Gasteiger partial charge < -0.3 is 10.1 Å². The first kappa shape index (κ1) is 14.3. The molecule has 1 N–H and O–H groups in total. The molecule has 0 saturated carbocycles. The van der Waals surface area contributed by atoms with Crippen molar-refractivity contribution in [2.24, 2.45) is 0 Å². The molecule has 2 aromatic carbocycles. The van der Waals surface area contributed by atoms with Crippen LogP contribution in [0.15, 0.2) is 48.5 Å². The number of ketones is 1. The molecule has 0 aliphatic carbocycles. The van der Waals surface area contributed by atoms with Crippen molar-refractivity contribution in [3.63, 3.8) is 0 Å². The Balaban J connectivity index is 1.53. The lowest BCUT2D eigenvalue weighted by Crippen LogP contribution is -2.13. The van der Waals surface area contributed by atoms with Gasteiger partial charge in [-0.3, -0.25) is 9.59 Å². The molecule has 0 fully saturated rings. The number of hydrogen-bond acceptors (Lipinski definition) is 3. The van der Waals surface area contributed by atoms with Crippen LogP contribution in [0.1, 0.15) is 28.8 Å². The number of ether oxygens (including phenoxy) is 1. The van der Waals surface area contributed by atoms with Crippen molar-refractivity contribution in [1.82, 2.24) is 0 Å². The Labute approximate surface area is 129 Å². The van der Waals surface area contributed by atoms with Gasteiger partial charge in [-0.2, -0.15) is 0 Å². The van der Waals surface area contributed by atoms with E-state index in [1.165, 1.54) is 0 Å². The summed E-state index contributed by atoms with van der Waals surface area (Å²) in [6.45, 7) is 0.693. The fourth-order valence-electron chi connectivity index (χ4n) is 2.48. The largest absolute Gasteiger partial charge is 0.493 e. The minimum atomic E-state index is -0.150. The molecule has 1 aliphatic heterocycles. The highest BCUT2D eigenvalue weighted by Gasteiger charge is 2.13. The molecule has 0 atom stereocenters. The molecule has 0 unspecified atom stereocenters. The molecule has 4 heteroatoms. The first-order valence-electron chi connectivity index (χ1n) is 7.36. The minimum Gasteiger partial charge on any atom is -0.493 e. The molecule has 1 amide bonds. The van der Waals surface area contributed by atoms with Gasteiger partial charge in [0.2, 0.25) is 5.91 Å². The van der Waals surface area contributed by atoms with E-state index in [0.29, 0.717) is 12.2 Å². The molecule has 22 heavy (non-hydrogen) atoms. The van der Waals surface area contributed by atoms with Crippen molar-refractivity contribution in [2.75, 3.05) is 11.9 Å². The van der Waals surface area contributed by atoms with Crippen molar-refractivity contribution in [1.29, 1.82) is 0 Å². The lowest BCUT2D eigenvalue weighted by atomic mass is 10.1. The van der Waals surface area contributed by atoms with Crippen molar-refractivity contribution in [3.05, 3.63) is 59.7 Å². The predicted octanol–water partition coefficient (Wildman–Crippen LogP) is 3.22. The smallest absolute Gasteiger partial charge is 0.224 e. The average molecular weight is 295 g/mol. The third kappa shape index (κ3) is 3.34. The normalized spacial score (nSPS) is 12.4. The number of hydrogen-bond donors (Lipinski definition) is 1. The molecular weight excluding hydrogens is 278 g/mol. The monoisotopic (exact) mass is 295 g/mol. The number of anilines is 1. The van der Waals surface area contributed by atoms with Crippen LogP contribution in [0.3, 0.4) is 0 Å².